The Morgan fingerprint density at radius 1 is 1.52 bits per heavy atom. The molecule has 120 valence electrons. The highest BCUT2D eigenvalue weighted by Crippen LogP contribution is 2.15. The minimum absolute atomic E-state index is 0.180. The number of hydrogen-bond acceptors (Lipinski definition) is 5. The van der Waals surface area contributed by atoms with E-state index in [0.717, 1.165) is 19.4 Å². The molecule has 21 heavy (non-hydrogen) atoms. The number of aromatic nitrogens is 2. The highest BCUT2D eigenvalue weighted by atomic mass is 35.5. The Bertz CT molecular complexity index is 490. The summed E-state index contributed by atoms with van der Waals surface area (Å²) in [5.41, 5.74) is 0.298. The molecular weight excluding hydrogens is 292 g/mol. The molecule has 0 amide bonds. The monoisotopic (exact) mass is 316 g/mol. The van der Waals surface area contributed by atoms with E-state index in [1.807, 2.05) is 25.9 Å². The van der Waals surface area contributed by atoms with Gasteiger partial charge in [-0.05, 0) is 32.9 Å². The number of halogens is 1. The molecule has 1 aromatic rings. The molecule has 0 saturated heterocycles. The number of nitrogens with zero attached hydrogens (tertiary/aromatic N) is 3. The van der Waals surface area contributed by atoms with Crippen molar-refractivity contribution in [2.45, 2.75) is 26.3 Å². The lowest BCUT2D eigenvalue weighted by molar-refractivity contribution is 0.229. The number of aliphatic hydroxyl groups excluding tert-OH is 1. The third-order valence-corrected chi connectivity index (χ3v) is 3.61. The molecule has 1 atom stereocenters. The van der Waals surface area contributed by atoms with E-state index in [1.54, 1.807) is 6.20 Å². The normalized spacial score (nSPS) is 12.7. The van der Waals surface area contributed by atoms with E-state index < -0.39 is 0 Å². The molecule has 0 aliphatic carbocycles. The first kappa shape index (κ1) is 17.9. The van der Waals surface area contributed by atoms with Gasteiger partial charge in [-0.3, -0.25) is 4.79 Å². The zero-order valence-corrected chi connectivity index (χ0v) is 13.7. The van der Waals surface area contributed by atoms with Gasteiger partial charge in [-0.25, -0.2) is 4.68 Å². The van der Waals surface area contributed by atoms with Gasteiger partial charge in [0, 0.05) is 19.7 Å². The number of likely N-dealkylation sites (N-methyl/N-ethyl adjacent to an activating group) is 1. The van der Waals surface area contributed by atoms with Crippen LogP contribution in [0.2, 0.25) is 5.02 Å². The third-order valence-electron chi connectivity index (χ3n) is 3.24. The molecule has 0 saturated carbocycles. The molecule has 0 spiro atoms. The maximum atomic E-state index is 12.1. The number of aliphatic hydroxyl groups is 1. The Morgan fingerprint density at radius 3 is 2.86 bits per heavy atom. The van der Waals surface area contributed by atoms with E-state index in [9.17, 15) is 4.79 Å². The summed E-state index contributed by atoms with van der Waals surface area (Å²) in [6.45, 7) is 4.15. The molecule has 0 fully saturated rings. The average molecular weight is 317 g/mol. The van der Waals surface area contributed by atoms with Crippen LogP contribution in [-0.4, -0.2) is 53.6 Å². The predicted octanol–water partition coefficient (Wildman–Crippen LogP) is 1.28. The standard InChI is InChI=1S/C14H25ClN4O2/c1-11(10-20)5-4-6-16-12-9-17-19(8-7-18(2)3)14(21)13(12)15/h9,11,16,20H,4-8,10H2,1-3H3. The first-order valence-electron chi connectivity index (χ1n) is 7.20. The second-order valence-corrected chi connectivity index (χ2v) is 5.94. The van der Waals surface area contributed by atoms with Gasteiger partial charge in [0.2, 0.25) is 0 Å². The second kappa shape index (κ2) is 9.02. The minimum atomic E-state index is -0.271. The first-order chi connectivity index (χ1) is 9.95. The molecule has 0 bridgehead atoms. The summed E-state index contributed by atoms with van der Waals surface area (Å²) in [5.74, 6) is 0.291. The lowest BCUT2D eigenvalue weighted by Crippen LogP contribution is -2.29. The van der Waals surface area contributed by atoms with Crippen LogP contribution >= 0.6 is 11.6 Å². The average Bonchev–Trinajstić information content (AvgIpc) is 2.46. The van der Waals surface area contributed by atoms with E-state index in [2.05, 4.69) is 10.4 Å². The first-order valence-corrected chi connectivity index (χ1v) is 7.58. The fraction of sp³-hybridized carbons (Fsp3) is 0.714. The highest BCUT2D eigenvalue weighted by Gasteiger charge is 2.09. The molecule has 1 rings (SSSR count). The van der Waals surface area contributed by atoms with Crippen molar-refractivity contribution in [2.24, 2.45) is 5.92 Å². The Morgan fingerprint density at radius 2 is 2.24 bits per heavy atom. The Balaban J connectivity index is 2.57. The molecule has 1 heterocycles. The van der Waals surface area contributed by atoms with Gasteiger partial charge in [0.05, 0.1) is 18.4 Å². The van der Waals surface area contributed by atoms with E-state index >= 15 is 0 Å². The van der Waals surface area contributed by atoms with Crippen molar-refractivity contribution in [3.63, 3.8) is 0 Å². The lowest BCUT2D eigenvalue weighted by atomic mass is 10.1. The van der Waals surface area contributed by atoms with Gasteiger partial charge in [-0.1, -0.05) is 18.5 Å². The Labute approximate surface area is 130 Å². The summed E-state index contributed by atoms with van der Waals surface area (Å²) in [4.78, 5) is 14.0. The van der Waals surface area contributed by atoms with Crippen LogP contribution in [0.15, 0.2) is 11.0 Å². The van der Waals surface area contributed by atoms with Crippen LogP contribution in [-0.2, 0) is 6.54 Å². The van der Waals surface area contributed by atoms with E-state index in [1.165, 1.54) is 4.68 Å². The molecule has 2 N–H and O–H groups in total. The Kier molecular flexibility index (Phi) is 7.71. The minimum Gasteiger partial charge on any atom is -0.396 e. The van der Waals surface area contributed by atoms with Crippen LogP contribution < -0.4 is 10.9 Å². The van der Waals surface area contributed by atoms with E-state index in [4.69, 9.17) is 16.7 Å². The van der Waals surface area contributed by atoms with Crippen molar-refractivity contribution in [2.75, 3.05) is 39.1 Å². The topological polar surface area (TPSA) is 70.4 Å². The smallest absolute Gasteiger partial charge is 0.287 e. The predicted molar refractivity (Wildman–Crippen MR) is 86.0 cm³/mol. The molecule has 1 aromatic heterocycles. The fourth-order valence-corrected chi connectivity index (χ4v) is 2.02. The highest BCUT2D eigenvalue weighted by molar-refractivity contribution is 6.32. The van der Waals surface area contributed by atoms with Crippen molar-refractivity contribution in [1.82, 2.24) is 14.7 Å². The second-order valence-electron chi connectivity index (χ2n) is 5.56. The van der Waals surface area contributed by atoms with Gasteiger partial charge < -0.3 is 15.3 Å². The molecule has 0 radical (unpaired) electrons. The Hall–Kier alpha value is -1.11. The van der Waals surface area contributed by atoms with Crippen molar-refractivity contribution < 1.29 is 5.11 Å². The van der Waals surface area contributed by atoms with Crippen molar-refractivity contribution in [3.8, 4) is 0 Å². The van der Waals surface area contributed by atoms with Crippen molar-refractivity contribution in [1.29, 1.82) is 0 Å². The van der Waals surface area contributed by atoms with Crippen molar-refractivity contribution >= 4 is 17.3 Å². The van der Waals surface area contributed by atoms with Crippen LogP contribution in [0.4, 0.5) is 5.69 Å². The summed E-state index contributed by atoms with van der Waals surface area (Å²) in [7, 11) is 3.88. The summed E-state index contributed by atoms with van der Waals surface area (Å²) in [6.07, 6.45) is 3.42. The fourth-order valence-electron chi connectivity index (χ4n) is 1.81. The number of nitrogens with one attached hydrogen (secondary N) is 1. The van der Waals surface area contributed by atoms with Gasteiger partial charge >= 0.3 is 0 Å². The van der Waals surface area contributed by atoms with Crippen LogP contribution in [0.1, 0.15) is 19.8 Å². The zero-order valence-electron chi connectivity index (χ0n) is 13.0. The number of anilines is 1. The van der Waals surface area contributed by atoms with Gasteiger partial charge in [0.25, 0.3) is 5.56 Å². The maximum absolute atomic E-state index is 12.1. The lowest BCUT2D eigenvalue weighted by Gasteiger charge is -2.13. The van der Waals surface area contributed by atoms with Gasteiger partial charge in [-0.15, -0.1) is 0 Å². The van der Waals surface area contributed by atoms with Gasteiger partial charge in [0.1, 0.15) is 5.02 Å². The largest absolute Gasteiger partial charge is 0.396 e. The third kappa shape index (κ3) is 6.03. The van der Waals surface area contributed by atoms with Crippen LogP contribution in [0, 0.1) is 5.92 Å². The quantitative estimate of drug-likeness (QED) is 0.672. The molecule has 0 aliphatic heterocycles. The van der Waals surface area contributed by atoms with E-state index in [0.29, 0.717) is 24.7 Å². The van der Waals surface area contributed by atoms with Gasteiger partial charge in [0.15, 0.2) is 0 Å². The number of hydrogen-bond donors (Lipinski definition) is 2. The van der Waals surface area contributed by atoms with Crippen LogP contribution in [0.25, 0.3) is 0 Å². The van der Waals surface area contributed by atoms with Crippen LogP contribution in [0.3, 0.4) is 0 Å². The maximum Gasteiger partial charge on any atom is 0.287 e. The summed E-state index contributed by atoms with van der Waals surface area (Å²) >= 11 is 6.09. The SMILES string of the molecule is CC(CO)CCCNc1cnn(CCN(C)C)c(=O)c1Cl. The molecule has 1 unspecified atom stereocenters. The molecule has 0 aromatic carbocycles. The summed E-state index contributed by atoms with van der Waals surface area (Å²) in [6, 6.07) is 0. The van der Waals surface area contributed by atoms with Crippen LogP contribution in [0.5, 0.6) is 0 Å². The summed E-state index contributed by atoms with van der Waals surface area (Å²) in [5, 5.41) is 16.4. The molecule has 6 nitrogen and oxygen atoms in total. The molecule has 0 aliphatic rings. The zero-order chi connectivity index (χ0) is 15.8. The number of rotatable bonds is 9. The molecular formula is C14H25ClN4O2. The molecule has 7 heteroatoms. The van der Waals surface area contributed by atoms with E-state index in [-0.39, 0.29) is 17.2 Å². The van der Waals surface area contributed by atoms with Gasteiger partial charge in [-0.2, -0.15) is 5.10 Å². The van der Waals surface area contributed by atoms with Crippen molar-refractivity contribution in [3.05, 3.63) is 21.6 Å². The summed E-state index contributed by atoms with van der Waals surface area (Å²) < 4.78 is 1.38.